The molecule has 2 aromatic rings. The van der Waals surface area contributed by atoms with E-state index >= 15 is 0 Å². The fraction of sp³-hybridized carbons (Fsp3) is 0.300. The van der Waals surface area contributed by atoms with E-state index < -0.39 is 11.9 Å². The van der Waals surface area contributed by atoms with E-state index in [1.165, 1.54) is 29.4 Å². The highest BCUT2D eigenvalue weighted by molar-refractivity contribution is 7.99. The van der Waals surface area contributed by atoms with Gasteiger partial charge >= 0.3 is 0 Å². The Hall–Kier alpha value is -1.47. The molecule has 17 heavy (non-hydrogen) atoms. The molecule has 0 saturated heterocycles. The van der Waals surface area contributed by atoms with Crippen molar-refractivity contribution in [1.82, 2.24) is 20.2 Å². The molecule has 0 radical (unpaired) electrons. The molecule has 5 nitrogen and oxygen atoms in total. The third-order valence-electron chi connectivity index (χ3n) is 2.21. The highest BCUT2D eigenvalue weighted by Crippen LogP contribution is 2.33. The monoisotopic (exact) mass is 254 g/mol. The lowest BCUT2D eigenvalue weighted by Gasteiger charge is -2.11. The van der Waals surface area contributed by atoms with Gasteiger partial charge in [-0.25, -0.2) is 9.07 Å². The first-order valence-corrected chi connectivity index (χ1v) is 5.78. The zero-order valence-electron chi connectivity index (χ0n) is 9.33. The molecule has 0 amide bonds. The molecule has 0 spiro atoms. The second-order valence-corrected chi connectivity index (χ2v) is 4.52. The molecule has 2 rings (SSSR count). The number of rotatable bonds is 3. The highest BCUT2D eigenvalue weighted by atomic mass is 32.2. The van der Waals surface area contributed by atoms with Crippen molar-refractivity contribution in [2.24, 2.45) is 7.05 Å². The predicted molar refractivity (Wildman–Crippen MR) is 60.0 cm³/mol. The third kappa shape index (κ3) is 2.45. The number of benzene rings is 1. The van der Waals surface area contributed by atoms with E-state index in [-0.39, 0.29) is 5.56 Å². The summed E-state index contributed by atoms with van der Waals surface area (Å²) >= 11 is 1.22. The topological polar surface area (TPSA) is 63.8 Å². The Labute approximate surface area is 102 Å². The van der Waals surface area contributed by atoms with Crippen molar-refractivity contribution in [3.8, 4) is 0 Å². The van der Waals surface area contributed by atoms with E-state index in [4.69, 9.17) is 0 Å². The van der Waals surface area contributed by atoms with Gasteiger partial charge in [0.1, 0.15) is 5.82 Å². The lowest BCUT2D eigenvalue weighted by molar-refractivity contribution is 0.191. The average molecular weight is 254 g/mol. The Bertz CT molecular complexity index is 529. The van der Waals surface area contributed by atoms with Crippen LogP contribution in [0.4, 0.5) is 4.39 Å². The molecular formula is C10H11FN4OS. The molecule has 0 unspecified atom stereocenters. The zero-order valence-corrected chi connectivity index (χ0v) is 10.1. The van der Waals surface area contributed by atoms with Crippen LogP contribution in [0.2, 0.25) is 0 Å². The summed E-state index contributed by atoms with van der Waals surface area (Å²) in [6.07, 6.45) is -0.875. The molecule has 7 heteroatoms. The number of halogens is 1. The number of tetrazole rings is 1. The van der Waals surface area contributed by atoms with Crippen LogP contribution in [0.5, 0.6) is 0 Å². The lowest BCUT2D eigenvalue weighted by atomic mass is 10.1. The van der Waals surface area contributed by atoms with Crippen LogP contribution in [-0.2, 0) is 7.05 Å². The standard InChI is InChI=1S/C10H11FN4OS/c1-6(16)9-7(11)4-3-5-8(9)17-10-12-13-14-15(10)2/h3-6,16H,1-2H3/t6-/m0/s1. The normalized spacial score (nSPS) is 12.7. The minimum absolute atomic E-state index is 0.264. The second kappa shape index (κ2) is 4.80. The number of nitrogens with zero attached hydrogens (tertiary/aromatic N) is 4. The summed E-state index contributed by atoms with van der Waals surface area (Å²) < 4.78 is 15.1. The molecule has 90 valence electrons. The van der Waals surface area contributed by atoms with Gasteiger partial charge in [-0.15, -0.1) is 5.10 Å². The number of aliphatic hydroxyl groups excluding tert-OH is 1. The third-order valence-corrected chi connectivity index (χ3v) is 3.32. The second-order valence-electron chi connectivity index (χ2n) is 3.51. The Kier molecular flexibility index (Phi) is 3.39. The van der Waals surface area contributed by atoms with Crippen LogP contribution in [0, 0.1) is 5.82 Å². The Morgan fingerprint density at radius 3 is 2.82 bits per heavy atom. The number of aryl methyl sites for hydroxylation is 1. The van der Waals surface area contributed by atoms with Crippen LogP contribution in [-0.4, -0.2) is 25.3 Å². The van der Waals surface area contributed by atoms with Crippen LogP contribution in [0.1, 0.15) is 18.6 Å². The first-order valence-electron chi connectivity index (χ1n) is 4.96. The zero-order chi connectivity index (χ0) is 12.4. The van der Waals surface area contributed by atoms with E-state index in [2.05, 4.69) is 15.5 Å². The van der Waals surface area contributed by atoms with Crippen LogP contribution in [0.25, 0.3) is 0 Å². The van der Waals surface area contributed by atoms with Crippen LogP contribution in [0.15, 0.2) is 28.3 Å². The molecule has 0 saturated carbocycles. The van der Waals surface area contributed by atoms with Gasteiger partial charge in [-0.05, 0) is 41.2 Å². The number of hydrogen-bond acceptors (Lipinski definition) is 5. The molecule has 1 heterocycles. The molecule has 0 aliphatic heterocycles. The van der Waals surface area contributed by atoms with Crippen molar-refractivity contribution in [2.45, 2.75) is 23.1 Å². The molecule has 1 aromatic carbocycles. The summed E-state index contributed by atoms with van der Waals surface area (Å²) in [6, 6.07) is 4.64. The van der Waals surface area contributed by atoms with Gasteiger partial charge in [0.25, 0.3) is 0 Å². The fourth-order valence-corrected chi connectivity index (χ4v) is 2.39. The van der Waals surface area contributed by atoms with Crippen LogP contribution in [0.3, 0.4) is 0 Å². The van der Waals surface area contributed by atoms with E-state index in [9.17, 15) is 9.50 Å². The van der Waals surface area contributed by atoms with Gasteiger partial charge in [0.2, 0.25) is 5.16 Å². The number of aromatic nitrogens is 4. The quantitative estimate of drug-likeness (QED) is 0.900. The van der Waals surface area contributed by atoms with Crippen molar-refractivity contribution in [2.75, 3.05) is 0 Å². The first-order chi connectivity index (χ1) is 8.09. The lowest BCUT2D eigenvalue weighted by Crippen LogP contribution is -2.00. The molecule has 0 bridgehead atoms. The molecule has 1 N–H and O–H groups in total. The van der Waals surface area contributed by atoms with Gasteiger partial charge in [-0.2, -0.15) is 0 Å². The minimum Gasteiger partial charge on any atom is -0.389 e. The highest BCUT2D eigenvalue weighted by Gasteiger charge is 2.16. The number of hydrogen-bond donors (Lipinski definition) is 1. The van der Waals surface area contributed by atoms with Gasteiger partial charge in [-0.1, -0.05) is 6.07 Å². The van der Waals surface area contributed by atoms with Crippen LogP contribution >= 0.6 is 11.8 Å². The molecule has 1 aromatic heterocycles. The fourth-order valence-electron chi connectivity index (χ4n) is 1.42. The van der Waals surface area contributed by atoms with Gasteiger partial charge in [0.05, 0.1) is 6.10 Å². The molecule has 0 aliphatic rings. The molecule has 0 aliphatic carbocycles. The van der Waals surface area contributed by atoms with E-state index in [1.807, 2.05) is 0 Å². The maximum atomic E-state index is 13.6. The Balaban J connectivity index is 2.39. The summed E-state index contributed by atoms with van der Waals surface area (Å²) in [7, 11) is 1.70. The van der Waals surface area contributed by atoms with Crippen molar-refractivity contribution >= 4 is 11.8 Å². The van der Waals surface area contributed by atoms with Gasteiger partial charge in [-0.3, -0.25) is 0 Å². The summed E-state index contributed by atoms with van der Waals surface area (Å²) in [6.45, 7) is 1.53. The largest absolute Gasteiger partial charge is 0.389 e. The summed E-state index contributed by atoms with van der Waals surface area (Å²) in [4.78, 5) is 0.609. The van der Waals surface area contributed by atoms with Gasteiger partial charge in [0.15, 0.2) is 0 Å². The van der Waals surface area contributed by atoms with E-state index in [0.717, 1.165) is 0 Å². The SMILES string of the molecule is C[C@H](O)c1c(F)cccc1Sc1nnnn1C. The van der Waals surface area contributed by atoms with Gasteiger partial charge in [0, 0.05) is 17.5 Å². The first kappa shape index (κ1) is 12.0. The molecular weight excluding hydrogens is 243 g/mol. The van der Waals surface area contributed by atoms with Gasteiger partial charge < -0.3 is 5.11 Å². The van der Waals surface area contributed by atoms with E-state index in [1.54, 1.807) is 19.2 Å². The van der Waals surface area contributed by atoms with Crippen molar-refractivity contribution in [1.29, 1.82) is 0 Å². The molecule has 0 fully saturated rings. The predicted octanol–water partition coefficient (Wildman–Crippen LogP) is 1.55. The average Bonchev–Trinajstić information content (AvgIpc) is 2.64. The summed E-state index contributed by atoms with van der Waals surface area (Å²) in [5.41, 5.74) is 0.264. The summed E-state index contributed by atoms with van der Waals surface area (Å²) in [5, 5.41) is 21.1. The Morgan fingerprint density at radius 2 is 2.24 bits per heavy atom. The molecule has 1 atom stereocenters. The smallest absolute Gasteiger partial charge is 0.213 e. The summed E-state index contributed by atoms with van der Waals surface area (Å²) in [5.74, 6) is -0.430. The van der Waals surface area contributed by atoms with Crippen molar-refractivity contribution < 1.29 is 9.50 Å². The van der Waals surface area contributed by atoms with Crippen molar-refractivity contribution in [3.05, 3.63) is 29.6 Å². The minimum atomic E-state index is -0.875. The van der Waals surface area contributed by atoms with E-state index in [0.29, 0.717) is 10.1 Å². The van der Waals surface area contributed by atoms with Crippen molar-refractivity contribution in [3.63, 3.8) is 0 Å². The van der Waals surface area contributed by atoms with Crippen LogP contribution < -0.4 is 0 Å². The maximum Gasteiger partial charge on any atom is 0.213 e. The maximum absolute atomic E-state index is 13.6. The Morgan fingerprint density at radius 1 is 1.47 bits per heavy atom. The number of aliphatic hydroxyl groups is 1.